The van der Waals surface area contributed by atoms with Gasteiger partial charge in [-0.2, -0.15) is 0 Å². The van der Waals surface area contributed by atoms with Crippen molar-refractivity contribution in [1.29, 1.82) is 0 Å². The van der Waals surface area contributed by atoms with Crippen LogP contribution in [-0.2, 0) is 9.53 Å². The first-order chi connectivity index (χ1) is 6.60. The van der Waals surface area contributed by atoms with Gasteiger partial charge in [0, 0.05) is 0 Å². The SMILES string of the molecule is CCOC(=O)C1(NCC(C)C)CCC1. The van der Waals surface area contributed by atoms with Gasteiger partial charge in [-0.15, -0.1) is 0 Å². The van der Waals surface area contributed by atoms with E-state index < -0.39 is 0 Å². The van der Waals surface area contributed by atoms with Gasteiger partial charge < -0.3 is 10.1 Å². The lowest BCUT2D eigenvalue weighted by Gasteiger charge is -2.40. The zero-order valence-corrected chi connectivity index (χ0v) is 9.43. The molecule has 0 bridgehead atoms. The average Bonchev–Trinajstić information content (AvgIpc) is 2.02. The summed E-state index contributed by atoms with van der Waals surface area (Å²) in [5.41, 5.74) is -0.347. The first-order valence-electron chi connectivity index (χ1n) is 5.53. The lowest BCUT2D eigenvalue weighted by atomic mass is 9.76. The molecule has 1 aliphatic rings. The zero-order valence-electron chi connectivity index (χ0n) is 9.43. The highest BCUT2D eigenvalue weighted by molar-refractivity contribution is 5.82. The maximum absolute atomic E-state index is 11.7. The Morgan fingerprint density at radius 3 is 2.50 bits per heavy atom. The molecular weight excluding hydrogens is 178 g/mol. The van der Waals surface area contributed by atoms with Crippen molar-refractivity contribution in [2.24, 2.45) is 5.92 Å². The van der Waals surface area contributed by atoms with Gasteiger partial charge in [0.15, 0.2) is 0 Å². The number of hydrogen-bond donors (Lipinski definition) is 1. The molecule has 1 N–H and O–H groups in total. The number of ether oxygens (including phenoxy) is 1. The molecular formula is C11H21NO2. The molecule has 1 fully saturated rings. The molecule has 0 saturated heterocycles. The summed E-state index contributed by atoms with van der Waals surface area (Å²) >= 11 is 0. The van der Waals surface area contributed by atoms with Crippen LogP contribution in [0.4, 0.5) is 0 Å². The van der Waals surface area contributed by atoms with E-state index in [1.54, 1.807) is 0 Å². The Bertz CT molecular complexity index is 197. The fraction of sp³-hybridized carbons (Fsp3) is 0.909. The van der Waals surface area contributed by atoms with Crippen molar-refractivity contribution >= 4 is 5.97 Å². The third-order valence-corrected chi connectivity index (χ3v) is 2.72. The second-order valence-corrected chi connectivity index (χ2v) is 4.43. The van der Waals surface area contributed by atoms with Crippen molar-refractivity contribution in [3.8, 4) is 0 Å². The Hall–Kier alpha value is -0.570. The second kappa shape index (κ2) is 4.78. The third kappa shape index (κ3) is 2.47. The molecule has 0 heterocycles. The number of esters is 1. The number of carbonyl (C=O) groups is 1. The van der Waals surface area contributed by atoms with Crippen LogP contribution in [0.1, 0.15) is 40.0 Å². The zero-order chi connectivity index (χ0) is 10.6. The topological polar surface area (TPSA) is 38.3 Å². The van der Waals surface area contributed by atoms with Crippen LogP contribution in [-0.4, -0.2) is 24.7 Å². The van der Waals surface area contributed by atoms with Crippen LogP contribution in [0.2, 0.25) is 0 Å². The van der Waals surface area contributed by atoms with Crippen LogP contribution < -0.4 is 5.32 Å². The van der Waals surface area contributed by atoms with Crippen LogP contribution in [0.15, 0.2) is 0 Å². The first-order valence-corrected chi connectivity index (χ1v) is 5.53. The Morgan fingerprint density at radius 2 is 2.14 bits per heavy atom. The van der Waals surface area contributed by atoms with Crippen LogP contribution in [0.5, 0.6) is 0 Å². The minimum atomic E-state index is -0.347. The molecule has 0 unspecified atom stereocenters. The monoisotopic (exact) mass is 199 g/mol. The van der Waals surface area contributed by atoms with Gasteiger partial charge >= 0.3 is 5.97 Å². The van der Waals surface area contributed by atoms with E-state index in [0.717, 1.165) is 25.8 Å². The van der Waals surface area contributed by atoms with Crippen molar-refractivity contribution in [1.82, 2.24) is 5.32 Å². The summed E-state index contributed by atoms with van der Waals surface area (Å²) in [5.74, 6) is 0.508. The summed E-state index contributed by atoms with van der Waals surface area (Å²) in [7, 11) is 0. The summed E-state index contributed by atoms with van der Waals surface area (Å²) in [4.78, 5) is 11.7. The van der Waals surface area contributed by atoms with E-state index in [-0.39, 0.29) is 11.5 Å². The van der Waals surface area contributed by atoms with E-state index in [0.29, 0.717) is 12.5 Å². The van der Waals surface area contributed by atoms with E-state index in [1.807, 2.05) is 6.92 Å². The van der Waals surface area contributed by atoms with Crippen LogP contribution >= 0.6 is 0 Å². The fourth-order valence-electron chi connectivity index (χ4n) is 1.65. The molecule has 82 valence electrons. The lowest BCUT2D eigenvalue weighted by Crippen LogP contribution is -2.58. The maximum atomic E-state index is 11.7. The minimum absolute atomic E-state index is 0.0631. The Morgan fingerprint density at radius 1 is 1.50 bits per heavy atom. The Balaban J connectivity index is 2.44. The molecule has 0 amide bonds. The van der Waals surface area contributed by atoms with E-state index in [1.165, 1.54) is 0 Å². The van der Waals surface area contributed by atoms with Crippen molar-refractivity contribution in [3.63, 3.8) is 0 Å². The van der Waals surface area contributed by atoms with E-state index in [9.17, 15) is 4.79 Å². The van der Waals surface area contributed by atoms with Gasteiger partial charge in [-0.3, -0.25) is 4.79 Å². The molecule has 0 aromatic carbocycles. The summed E-state index contributed by atoms with van der Waals surface area (Å²) in [5, 5.41) is 3.34. The smallest absolute Gasteiger partial charge is 0.326 e. The van der Waals surface area contributed by atoms with Gasteiger partial charge in [0.2, 0.25) is 0 Å². The molecule has 3 nitrogen and oxygen atoms in total. The number of rotatable bonds is 5. The van der Waals surface area contributed by atoms with Crippen molar-refractivity contribution in [3.05, 3.63) is 0 Å². The predicted octanol–water partition coefficient (Wildman–Crippen LogP) is 1.72. The predicted molar refractivity (Wildman–Crippen MR) is 56.1 cm³/mol. The van der Waals surface area contributed by atoms with Gasteiger partial charge in [-0.1, -0.05) is 13.8 Å². The van der Waals surface area contributed by atoms with E-state index >= 15 is 0 Å². The molecule has 0 atom stereocenters. The van der Waals surface area contributed by atoms with Crippen LogP contribution in [0.3, 0.4) is 0 Å². The molecule has 0 aromatic heterocycles. The Kier molecular flexibility index (Phi) is 3.93. The average molecular weight is 199 g/mol. The van der Waals surface area contributed by atoms with Gasteiger partial charge in [0.05, 0.1) is 6.61 Å². The molecule has 1 rings (SSSR count). The third-order valence-electron chi connectivity index (χ3n) is 2.72. The maximum Gasteiger partial charge on any atom is 0.326 e. The molecule has 0 aromatic rings. The minimum Gasteiger partial charge on any atom is -0.465 e. The second-order valence-electron chi connectivity index (χ2n) is 4.43. The molecule has 0 spiro atoms. The largest absolute Gasteiger partial charge is 0.465 e. The number of carbonyl (C=O) groups excluding carboxylic acids is 1. The van der Waals surface area contributed by atoms with Crippen molar-refractivity contribution in [2.75, 3.05) is 13.2 Å². The summed E-state index contributed by atoms with van der Waals surface area (Å²) < 4.78 is 5.08. The van der Waals surface area contributed by atoms with Crippen molar-refractivity contribution < 1.29 is 9.53 Å². The number of nitrogens with one attached hydrogen (secondary N) is 1. The van der Waals surface area contributed by atoms with E-state index in [4.69, 9.17) is 4.74 Å². The van der Waals surface area contributed by atoms with Crippen LogP contribution in [0.25, 0.3) is 0 Å². The van der Waals surface area contributed by atoms with Gasteiger partial charge in [0.1, 0.15) is 5.54 Å². The molecule has 14 heavy (non-hydrogen) atoms. The molecule has 3 heteroatoms. The Labute approximate surface area is 86.2 Å². The standard InChI is InChI=1S/C11H21NO2/c1-4-14-10(13)11(6-5-7-11)12-8-9(2)3/h9,12H,4-8H2,1-3H3. The molecule has 0 aliphatic heterocycles. The highest BCUT2D eigenvalue weighted by Gasteiger charge is 2.44. The summed E-state index contributed by atoms with van der Waals surface area (Å²) in [6.07, 6.45) is 2.99. The summed E-state index contributed by atoms with van der Waals surface area (Å²) in [6, 6.07) is 0. The molecule has 0 radical (unpaired) electrons. The van der Waals surface area contributed by atoms with E-state index in [2.05, 4.69) is 19.2 Å². The summed E-state index contributed by atoms with van der Waals surface area (Å²) in [6.45, 7) is 7.50. The highest BCUT2D eigenvalue weighted by atomic mass is 16.5. The van der Waals surface area contributed by atoms with Gasteiger partial charge in [0.25, 0.3) is 0 Å². The normalized spacial score (nSPS) is 19.1. The molecule has 1 aliphatic carbocycles. The van der Waals surface area contributed by atoms with Gasteiger partial charge in [-0.05, 0) is 38.6 Å². The quantitative estimate of drug-likeness (QED) is 0.685. The first kappa shape index (κ1) is 11.5. The fourth-order valence-corrected chi connectivity index (χ4v) is 1.65. The highest BCUT2D eigenvalue weighted by Crippen LogP contribution is 2.33. The lowest BCUT2D eigenvalue weighted by molar-refractivity contribution is -0.155. The number of hydrogen-bond acceptors (Lipinski definition) is 3. The van der Waals surface area contributed by atoms with Gasteiger partial charge in [-0.25, -0.2) is 0 Å². The molecule has 1 saturated carbocycles. The van der Waals surface area contributed by atoms with Crippen LogP contribution in [0, 0.1) is 5.92 Å². The van der Waals surface area contributed by atoms with Crippen molar-refractivity contribution in [2.45, 2.75) is 45.6 Å².